The van der Waals surface area contributed by atoms with E-state index in [1.165, 1.54) is 38.5 Å². The highest BCUT2D eigenvalue weighted by Gasteiger charge is 2.50. The monoisotopic (exact) mass is 234 g/mol. The minimum atomic E-state index is 0.181. The smallest absolute Gasteiger partial charge is 0.317 e. The van der Waals surface area contributed by atoms with E-state index in [0.717, 1.165) is 37.4 Å². The molecule has 0 radical (unpaired) electrons. The van der Waals surface area contributed by atoms with E-state index in [0.29, 0.717) is 5.41 Å². The molecule has 1 heterocycles. The van der Waals surface area contributed by atoms with Gasteiger partial charge in [0.1, 0.15) is 0 Å². The van der Waals surface area contributed by atoms with Crippen LogP contribution in [0, 0.1) is 23.2 Å². The van der Waals surface area contributed by atoms with E-state index in [2.05, 4.69) is 5.32 Å². The van der Waals surface area contributed by atoms with Crippen LogP contribution in [0.1, 0.15) is 38.5 Å². The molecule has 0 aromatic rings. The zero-order chi connectivity index (χ0) is 11.5. The zero-order valence-electron chi connectivity index (χ0n) is 10.5. The number of amides is 2. The van der Waals surface area contributed by atoms with Gasteiger partial charge in [-0.3, -0.25) is 0 Å². The molecule has 0 unspecified atom stereocenters. The van der Waals surface area contributed by atoms with Gasteiger partial charge in [-0.1, -0.05) is 0 Å². The third-order valence-electron chi connectivity index (χ3n) is 5.51. The largest absolute Gasteiger partial charge is 0.337 e. The van der Waals surface area contributed by atoms with Crippen molar-refractivity contribution in [2.75, 3.05) is 19.6 Å². The Morgan fingerprint density at radius 3 is 2.06 bits per heavy atom. The highest BCUT2D eigenvalue weighted by Crippen LogP contribution is 2.59. The number of hydrogen-bond donors (Lipinski definition) is 1. The van der Waals surface area contributed by atoms with Gasteiger partial charge >= 0.3 is 6.03 Å². The molecule has 94 valence electrons. The number of hydrogen-bond acceptors (Lipinski definition) is 1. The molecule has 5 fully saturated rings. The molecule has 0 aromatic heterocycles. The molecule has 3 heteroatoms. The quantitative estimate of drug-likeness (QED) is 0.730. The number of nitrogens with one attached hydrogen (secondary N) is 1. The van der Waals surface area contributed by atoms with E-state index in [1.807, 2.05) is 4.90 Å². The summed E-state index contributed by atoms with van der Waals surface area (Å²) in [6.45, 7) is 2.88. The van der Waals surface area contributed by atoms with Crippen molar-refractivity contribution < 1.29 is 4.79 Å². The maximum Gasteiger partial charge on any atom is 0.317 e. The molecule has 4 aliphatic carbocycles. The van der Waals surface area contributed by atoms with Crippen LogP contribution >= 0.6 is 0 Å². The van der Waals surface area contributed by atoms with Crippen molar-refractivity contribution in [3.63, 3.8) is 0 Å². The Kier molecular flexibility index (Phi) is 2.04. The summed E-state index contributed by atoms with van der Waals surface area (Å²) < 4.78 is 0. The van der Waals surface area contributed by atoms with Crippen LogP contribution in [0.25, 0.3) is 0 Å². The summed E-state index contributed by atoms with van der Waals surface area (Å²) in [5.74, 6) is 2.96. The summed E-state index contributed by atoms with van der Waals surface area (Å²) in [4.78, 5) is 13.6. The van der Waals surface area contributed by atoms with E-state index in [9.17, 15) is 4.79 Å². The van der Waals surface area contributed by atoms with Gasteiger partial charge in [0.15, 0.2) is 0 Å². The minimum absolute atomic E-state index is 0.181. The maximum atomic E-state index is 11.7. The lowest BCUT2D eigenvalue weighted by Crippen LogP contribution is -2.51. The summed E-state index contributed by atoms with van der Waals surface area (Å²) in [6.07, 6.45) is 8.62. The topological polar surface area (TPSA) is 32.1 Å². The van der Waals surface area contributed by atoms with Gasteiger partial charge in [-0.05, 0) is 61.7 Å². The highest BCUT2D eigenvalue weighted by molar-refractivity contribution is 5.76. The van der Waals surface area contributed by atoms with Gasteiger partial charge in [0.2, 0.25) is 0 Å². The highest BCUT2D eigenvalue weighted by atomic mass is 16.2. The van der Waals surface area contributed by atoms with Crippen molar-refractivity contribution in [2.45, 2.75) is 38.5 Å². The minimum Gasteiger partial charge on any atom is -0.337 e. The second kappa shape index (κ2) is 3.39. The van der Waals surface area contributed by atoms with Gasteiger partial charge in [-0.15, -0.1) is 0 Å². The molecule has 1 N–H and O–H groups in total. The Hall–Kier alpha value is -0.730. The number of rotatable bonds is 2. The first kappa shape index (κ1) is 10.2. The van der Waals surface area contributed by atoms with E-state index >= 15 is 0 Å². The fourth-order valence-corrected chi connectivity index (χ4v) is 5.13. The molecule has 3 nitrogen and oxygen atoms in total. The van der Waals surface area contributed by atoms with E-state index in [-0.39, 0.29) is 6.03 Å². The Labute approximate surface area is 103 Å². The third-order valence-corrected chi connectivity index (χ3v) is 5.51. The van der Waals surface area contributed by atoms with Crippen LogP contribution in [0.4, 0.5) is 4.79 Å². The van der Waals surface area contributed by atoms with Gasteiger partial charge in [0, 0.05) is 19.6 Å². The van der Waals surface area contributed by atoms with Crippen molar-refractivity contribution in [1.82, 2.24) is 10.2 Å². The summed E-state index contributed by atoms with van der Waals surface area (Å²) in [5.41, 5.74) is 0.487. The van der Waals surface area contributed by atoms with Crippen LogP contribution in [-0.2, 0) is 0 Å². The van der Waals surface area contributed by atoms with Crippen LogP contribution in [-0.4, -0.2) is 30.6 Å². The van der Waals surface area contributed by atoms with Crippen molar-refractivity contribution in [1.29, 1.82) is 0 Å². The Bertz CT molecular complexity index is 313. The number of carbonyl (C=O) groups excluding carboxylic acids is 1. The van der Waals surface area contributed by atoms with Gasteiger partial charge in [-0.25, -0.2) is 4.79 Å². The zero-order valence-corrected chi connectivity index (χ0v) is 10.5. The molecule has 17 heavy (non-hydrogen) atoms. The maximum absolute atomic E-state index is 11.7. The lowest BCUT2D eigenvalue weighted by molar-refractivity contribution is -0.0499. The number of carbonyl (C=O) groups is 1. The second-order valence-corrected chi connectivity index (χ2v) is 7.06. The average molecular weight is 234 g/mol. The SMILES string of the molecule is O=C(NCC12CC3CC(CC(C3)C1)C2)N1CC1. The fraction of sp³-hybridized carbons (Fsp3) is 0.929. The molecule has 0 aromatic carbocycles. The lowest BCUT2D eigenvalue weighted by Gasteiger charge is -2.56. The van der Waals surface area contributed by atoms with Gasteiger partial charge in [0.05, 0.1) is 0 Å². The first-order valence-electron chi connectivity index (χ1n) is 7.25. The molecule has 0 spiro atoms. The van der Waals surface area contributed by atoms with Crippen LogP contribution in [0.2, 0.25) is 0 Å². The van der Waals surface area contributed by atoms with Crippen molar-refractivity contribution in [3.05, 3.63) is 0 Å². The van der Waals surface area contributed by atoms with Crippen LogP contribution < -0.4 is 5.32 Å². The predicted molar refractivity (Wildman–Crippen MR) is 65.6 cm³/mol. The van der Waals surface area contributed by atoms with Crippen molar-refractivity contribution in [3.8, 4) is 0 Å². The third kappa shape index (κ3) is 1.74. The normalized spacial score (nSPS) is 46.1. The summed E-state index contributed by atoms with van der Waals surface area (Å²) in [6, 6.07) is 0.181. The van der Waals surface area contributed by atoms with Gasteiger partial charge in [0.25, 0.3) is 0 Å². The Balaban J connectivity index is 1.43. The van der Waals surface area contributed by atoms with E-state index in [1.54, 1.807) is 0 Å². The van der Waals surface area contributed by atoms with Crippen LogP contribution in [0.3, 0.4) is 0 Å². The molecular formula is C14H22N2O. The molecule has 1 saturated heterocycles. The molecule has 1 aliphatic heterocycles. The lowest BCUT2D eigenvalue weighted by atomic mass is 9.49. The van der Waals surface area contributed by atoms with Gasteiger partial charge in [-0.2, -0.15) is 0 Å². The summed E-state index contributed by atoms with van der Waals surface area (Å²) >= 11 is 0. The first-order chi connectivity index (χ1) is 8.22. The van der Waals surface area contributed by atoms with Crippen LogP contribution in [0.5, 0.6) is 0 Å². The number of nitrogens with zero attached hydrogens (tertiary/aromatic N) is 1. The molecule has 4 saturated carbocycles. The molecule has 2 amide bonds. The Morgan fingerprint density at radius 2 is 1.59 bits per heavy atom. The number of urea groups is 1. The molecule has 5 rings (SSSR count). The van der Waals surface area contributed by atoms with E-state index in [4.69, 9.17) is 0 Å². The predicted octanol–water partition coefficient (Wildman–Crippen LogP) is 2.23. The molecule has 4 bridgehead atoms. The molecular weight excluding hydrogens is 212 g/mol. The van der Waals surface area contributed by atoms with Crippen molar-refractivity contribution in [2.24, 2.45) is 23.2 Å². The van der Waals surface area contributed by atoms with Gasteiger partial charge < -0.3 is 10.2 Å². The Morgan fingerprint density at radius 1 is 1.06 bits per heavy atom. The first-order valence-corrected chi connectivity index (χ1v) is 7.25. The standard InChI is InChI=1S/C14H22N2O/c17-13(16-1-2-16)15-9-14-6-10-3-11(7-14)5-12(4-10)8-14/h10-12H,1-9H2,(H,15,17). The molecule has 5 aliphatic rings. The van der Waals surface area contributed by atoms with E-state index < -0.39 is 0 Å². The summed E-state index contributed by atoms with van der Waals surface area (Å²) in [7, 11) is 0. The fourth-order valence-electron chi connectivity index (χ4n) is 5.13. The molecule has 0 atom stereocenters. The summed E-state index contributed by atoms with van der Waals surface area (Å²) in [5, 5.41) is 3.19. The van der Waals surface area contributed by atoms with Crippen LogP contribution in [0.15, 0.2) is 0 Å². The average Bonchev–Trinajstić information content (AvgIpc) is 3.07. The van der Waals surface area contributed by atoms with Crippen molar-refractivity contribution >= 4 is 6.03 Å². The second-order valence-electron chi connectivity index (χ2n) is 7.06.